The fourth-order valence-corrected chi connectivity index (χ4v) is 6.29. The predicted molar refractivity (Wildman–Crippen MR) is 119 cm³/mol. The number of nitrogens with one attached hydrogen (secondary N) is 1. The van der Waals surface area contributed by atoms with Crippen LogP contribution in [0.5, 0.6) is 0 Å². The van der Waals surface area contributed by atoms with Gasteiger partial charge in [-0.3, -0.25) is 14.2 Å². The maximum atomic E-state index is 13.6. The van der Waals surface area contributed by atoms with E-state index in [0.717, 1.165) is 42.3 Å². The molecular formula is C22H25N3O3S2. The Morgan fingerprint density at radius 1 is 1.43 bits per heavy atom. The topological polar surface area (TPSA) is 77.1 Å². The monoisotopic (exact) mass is 443 g/mol. The fraction of sp³-hybridized carbons (Fsp3) is 0.500. The average Bonchev–Trinajstić information content (AvgIpc) is 3.23. The Kier molecular flexibility index (Phi) is 5.23. The van der Waals surface area contributed by atoms with E-state index < -0.39 is 0 Å². The summed E-state index contributed by atoms with van der Waals surface area (Å²) in [5.41, 5.74) is 1.15. The van der Waals surface area contributed by atoms with Crippen LogP contribution in [0.3, 0.4) is 0 Å². The van der Waals surface area contributed by atoms with E-state index in [1.807, 2.05) is 19.1 Å². The zero-order chi connectivity index (χ0) is 20.8. The number of aryl methyl sites for hydroxylation is 1. The number of nitrogens with zero attached hydrogens (tertiary/aromatic N) is 2. The number of carbonyl (C=O) groups excluding carboxylic acids is 1. The van der Waals surface area contributed by atoms with Gasteiger partial charge in [0.05, 0.1) is 23.4 Å². The molecule has 0 bridgehead atoms. The van der Waals surface area contributed by atoms with Gasteiger partial charge in [-0.1, -0.05) is 18.7 Å². The normalized spacial score (nSPS) is 19.6. The highest BCUT2D eigenvalue weighted by Crippen LogP contribution is 2.37. The molecule has 30 heavy (non-hydrogen) atoms. The van der Waals surface area contributed by atoms with Gasteiger partial charge in [0.15, 0.2) is 5.16 Å². The van der Waals surface area contributed by atoms with Gasteiger partial charge in [-0.05, 0) is 62.6 Å². The third-order valence-corrected chi connectivity index (χ3v) is 8.09. The van der Waals surface area contributed by atoms with Gasteiger partial charge in [-0.2, -0.15) is 0 Å². The van der Waals surface area contributed by atoms with Crippen LogP contribution in [0.2, 0.25) is 0 Å². The standard InChI is InChI=1S/C22H25N3O3S2/c1-12-5-8-16-17(10-12)30-20-18(16)21(27)25(11-15-4-3-9-28-15)22(24-20)29-13(2)19(26)23-14-6-7-14/h3-4,9,12-14H,5-8,10-11H2,1-2H3,(H,23,26). The van der Waals surface area contributed by atoms with Crippen molar-refractivity contribution >= 4 is 39.2 Å². The van der Waals surface area contributed by atoms with Crippen LogP contribution in [0.4, 0.5) is 0 Å². The summed E-state index contributed by atoms with van der Waals surface area (Å²) in [7, 11) is 0. The highest BCUT2D eigenvalue weighted by atomic mass is 32.2. The molecule has 158 valence electrons. The van der Waals surface area contributed by atoms with Gasteiger partial charge in [0.2, 0.25) is 5.91 Å². The Morgan fingerprint density at radius 3 is 3.00 bits per heavy atom. The van der Waals surface area contributed by atoms with E-state index in [0.29, 0.717) is 29.4 Å². The fourth-order valence-electron chi connectivity index (χ4n) is 3.95. The van der Waals surface area contributed by atoms with Crippen molar-refractivity contribution in [3.8, 4) is 0 Å². The van der Waals surface area contributed by atoms with Crippen LogP contribution < -0.4 is 10.9 Å². The number of aromatic nitrogens is 2. The van der Waals surface area contributed by atoms with Crippen molar-refractivity contribution in [2.75, 3.05) is 0 Å². The van der Waals surface area contributed by atoms with Crippen LogP contribution in [-0.4, -0.2) is 26.8 Å². The Balaban J connectivity index is 1.56. The minimum atomic E-state index is -0.326. The lowest BCUT2D eigenvalue weighted by molar-refractivity contribution is -0.120. The van der Waals surface area contributed by atoms with Crippen molar-refractivity contribution in [1.82, 2.24) is 14.9 Å². The summed E-state index contributed by atoms with van der Waals surface area (Å²) in [5.74, 6) is 1.34. The van der Waals surface area contributed by atoms with Crippen LogP contribution in [-0.2, 0) is 24.2 Å². The van der Waals surface area contributed by atoms with Crippen molar-refractivity contribution in [3.05, 3.63) is 45.0 Å². The molecule has 0 spiro atoms. The molecule has 0 radical (unpaired) electrons. The Bertz CT molecular complexity index is 1140. The van der Waals surface area contributed by atoms with Crippen molar-refractivity contribution in [2.45, 2.75) is 68.9 Å². The number of hydrogen-bond donors (Lipinski definition) is 1. The molecule has 1 fully saturated rings. The second kappa shape index (κ2) is 7.89. The van der Waals surface area contributed by atoms with Gasteiger partial charge in [0.25, 0.3) is 5.56 Å². The van der Waals surface area contributed by atoms with Crippen LogP contribution in [0, 0.1) is 5.92 Å². The predicted octanol–water partition coefficient (Wildman–Crippen LogP) is 3.98. The number of hydrogen-bond acceptors (Lipinski definition) is 6. The molecule has 8 heteroatoms. The van der Waals surface area contributed by atoms with E-state index >= 15 is 0 Å². The smallest absolute Gasteiger partial charge is 0.263 e. The molecule has 2 unspecified atom stereocenters. The Labute approximate surface area is 183 Å². The number of fused-ring (bicyclic) bond motifs is 3. The van der Waals surface area contributed by atoms with Gasteiger partial charge in [0.1, 0.15) is 10.6 Å². The summed E-state index contributed by atoms with van der Waals surface area (Å²) in [5, 5.41) is 4.05. The minimum Gasteiger partial charge on any atom is -0.467 e. The highest BCUT2D eigenvalue weighted by Gasteiger charge is 2.29. The lowest BCUT2D eigenvalue weighted by atomic mass is 9.89. The number of thiophene rings is 1. The lowest BCUT2D eigenvalue weighted by Crippen LogP contribution is -2.33. The van der Waals surface area contributed by atoms with Gasteiger partial charge < -0.3 is 9.73 Å². The summed E-state index contributed by atoms with van der Waals surface area (Å²) in [6.07, 6.45) is 6.76. The first-order valence-electron chi connectivity index (χ1n) is 10.5. The maximum absolute atomic E-state index is 13.6. The lowest BCUT2D eigenvalue weighted by Gasteiger charge is -2.18. The molecule has 5 rings (SSSR count). The zero-order valence-corrected chi connectivity index (χ0v) is 18.8. The van der Waals surface area contributed by atoms with Crippen molar-refractivity contribution in [3.63, 3.8) is 0 Å². The third kappa shape index (κ3) is 3.83. The largest absolute Gasteiger partial charge is 0.467 e. The van der Waals surface area contributed by atoms with Gasteiger partial charge in [-0.25, -0.2) is 4.98 Å². The number of rotatable bonds is 6. The maximum Gasteiger partial charge on any atom is 0.263 e. The van der Waals surface area contributed by atoms with Crippen LogP contribution in [0.1, 0.15) is 49.3 Å². The van der Waals surface area contributed by atoms with Crippen molar-refractivity contribution in [2.24, 2.45) is 5.92 Å². The molecule has 1 saturated carbocycles. The quantitative estimate of drug-likeness (QED) is 0.461. The second-order valence-electron chi connectivity index (χ2n) is 8.44. The summed E-state index contributed by atoms with van der Waals surface area (Å²) < 4.78 is 7.19. The van der Waals surface area contributed by atoms with Crippen molar-refractivity contribution in [1.29, 1.82) is 0 Å². The highest BCUT2D eigenvalue weighted by molar-refractivity contribution is 8.00. The molecule has 0 aromatic carbocycles. The van der Waals surface area contributed by atoms with E-state index in [1.165, 1.54) is 22.2 Å². The van der Waals surface area contributed by atoms with E-state index in [2.05, 4.69) is 12.2 Å². The molecule has 0 aliphatic heterocycles. The number of carbonyl (C=O) groups is 1. The summed E-state index contributed by atoms with van der Waals surface area (Å²) >= 11 is 2.99. The number of amides is 1. The third-order valence-electron chi connectivity index (χ3n) is 5.85. The first-order valence-corrected chi connectivity index (χ1v) is 12.2. The molecule has 1 N–H and O–H groups in total. The molecule has 3 heterocycles. The average molecular weight is 444 g/mol. The van der Waals surface area contributed by atoms with E-state index in [4.69, 9.17) is 9.40 Å². The Morgan fingerprint density at radius 2 is 2.27 bits per heavy atom. The van der Waals surface area contributed by atoms with Crippen LogP contribution in [0.25, 0.3) is 10.2 Å². The molecule has 2 aliphatic rings. The number of thioether (sulfide) groups is 1. The summed E-state index contributed by atoms with van der Waals surface area (Å²) in [6, 6.07) is 3.99. The molecule has 1 amide bonds. The molecule has 0 saturated heterocycles. The summed E-state index contributed by atoms with van der Waals surface area (Å²) in [6.45, 7) is 4.45. The van der Waals surface area contributed by atoms with Crippen LogP contribution >= 0.6 is 23.1 Å². The van der Waals surface area contributed by atoms with Gasteiger partial charge >= 0.3 is 0 Å². The van der Waals surface area contributed by atoms with E-state index in [-0.39, 0.29) is 16.7 Å². The van der Waals surface area contributed by atoms with E-state index in [1.54, 1.807) is 22.2 Å². The molecule has 2 aliphatic carbocycles. The molecule has 2 atom stereocenters. The molecule has 3 aromatic heterocycles. The van der Waals surface area contributed by atoms with E-state index in [9.17, 15) is 9.59 Å². The van der Waals surface area contributed by atoms with Crippen LogP contribution in [0.15, 0.2) is 32.8 Å². The summed E-state index contributed by atoms with van der Waals surface area (Å²) in [4.78, 5) is 33.1. The minimum absolute atomic E-state index is 0.000642. The van der Waals surface area contributed by atoms with Crippen molar-refractivity contribution < 1.29 is 9.21 Å². The first kappa shape index (κ1) is 19.9. The van der Waals surface area contributed by atoms with Gasteiger partial charge in [-0.15, -0.1) is 11.3 Å². The zero-order valence-electron chi connectivity index (χ0n) is 17.1. The molecule has 6 nitrogen and oxygen atoms in total. The Hall–Kier alpha value is -2.06. The SMILES string of the molecule is CC1CCc2c(sc3nc(SC(C)C(=O)NC4CC4)n(Cc4ccco4)c(=O)c23)C1. The van der Waals surface area contributed by atoms with Gasteiger partial charge in [0, 0.05) is 10.9 Å². The second-order valence-corrected chi connectivity index (χ2v) is 10.8. The first-order chi connectivity index (χ1) is 14.5. The molecular weight excluding hydrogens is 418 g/mol. The molecule has 3 aromatic rings. The number of furan rings is 1.